The summed E-state index contributed by atoms with van der Waals surface area (Å²) in [5.41, 5.74) is 11.8. The van der Waals surface area contributed by atoms with Gasteiger partial charge in [0.1, 0.15) is 11.2 Å². The first kappa shape index (κ1) is 39.3. The molecule has 0 radical (unpaired) electrons. The summed E-state index contributed by atoms with van der Waals surface area (Å²) < 4.78 is 18.9. The second-order valence-corrected chi connectivity index (χ2v) is 20.0. The van der Waals surface area contributed by atoms with E-state index in [9.17, 15) is 0 Å². The van der Waals surface area contributed by atoms with Crippen LogP contribution in [0.1, 0.15) is 0 Å². The summed E-state index contributed by atoms with van der Waals surface area (Å²) in [6.45, 7) is 0. The molecule has 0 saturated carbocycles. The minimum Gasteiger partial charge on any atom is -0.454 e. The summed E-state index contributed by atoms with van der Waals surface area (Å²) in [5.74, 6) is 0. The highest BCUT2D eigenvalue weighted by Gasteiger charge is 2.27. The Kier molecular flexibility index (Phi) is 8.66. The summed E-state index contributed by atoms with van der Waals surface area (Å²) >= 11 is 3.68. The number of fused-ring (bicyclic) bond motifs is 14. The average molecular weight is 931 g/mol. The monoisotopic (exact) mass is 930 g/mol. The molecule has 70 heavy (non-hydrogen) atoms. The van der Waals surface area contributed by atoms with Crippen molar-refractivity contribution in [3.05, 3.63) is 231 Å². The van der Waals surface area contributed by atoms with E-state index < -0.39 is 0 Å². The van der Waals surface area contributed by atoms with E-state index in [2.05, 4.69) is 234 Å². The molecular formula is C64H38N2O2S2. The molecule has 0 fully saturated rings. The molecule has 0 saturated heterocycles. The second kappa shape index (κ2) is 15.4. The Balaban J connectivity index is 0.983. The molecule has 15 rings (SSSR count). The highest BCUT2D eigenvalue weighted by Crippen LogP contribution is 2.52. The average Bonchev–Trinajstić information content (AvgIpc) is 4.21. The molecule has 0 spiro atoms. The summed E-state index contributed by atoms with van der Waals surface area (Å²) in [6.07, 6.45) is 0. The zero-order valence-corrected chi connectivity index (χ0v) is 39.1. The molecule has 328 valence electrons. The normalized spacial score (nSPS) is 12.0. The van der Waals surface area contributed by atoms with Gasteiger partial charge in [-0.2, -0.15) is 0 Å². The second-order valence-electron chi connectivity index (χ2n) is 17.9. The molecule has 4 aromatic heterocycles. The maximum Gasteiger partial charge on any atom is 0.159 e. The lowest BCUT2D eigenvalue weighted by atomic mass is 9.99. The van der Waals surface area contributed by atoms with E-state index >= 15 is 0 Å². The molecule has 4 heterocycles. The van der Waals surface area contributed by atoms with Gasteiger partial charge >= 0.3 is 0 Å². The third-order valence-electron chi connectivity index (χ3n) is 14.0. The van der Waals surface area contributed by atoms with Gasteiger partial charge in [0.25, 0.3) is 0 Å². The number of furan rings is 2. The third-order valence-corrected chi connectivity index (χ3v) is 16.5. The van der Waals surface area contributed by atoms with Crippen molar-refractivity contribution in [2.75, 3.05) is 9.80 Å². The van der Waals surface area contributed by atoms with Crippen molar-refractivity contribution in [1.29, 1.82) is 0 Å². The van der Waals surface area contributed by atoms with Gasteiger partial charge in [-0.1, -0.05) is 164 Å². The molecule has 11 aromatic carbocycles. The molecule has 4 nitrogen and oxygen atoms in total. The van der Waals surface area contributed by atoms with Crippen LogP contribution in [-0.2, 0) is 0 Å². The van der Waals surface area contributed by atoms with Gasteiger partial charge in [0.2, 0.25) is 0 Å². The predicted molar refractivity (Wildman–Crippen MR) is 299 cm³/mol. The van der Waals surface area contributed by atoms with Crippen LogP contribution in [0.3, 0.4) is 0 Å². The summed E-state index contributed by atoms with van der Waals surface area (Å²) in [6, 6.07) is 83.1. The number of benzene rings is 11. The predicted octanol–water partition coefficient (Wildman–Crippen LogP) is 20.0. The van der Waals surface area contributed by atoms with Crippen LogP contribution in [0.5, 0.6) is 0 Å². The van der Waals surface area contributed by atoms with Crippen LogP contribution in [-0.4, -0.2) is 0 Å². The molecule has 0 amide bonds. The standard InChI is InChI=1S/C64H38N2O2S2/c1-2-20-43-39(16-1)36-37-49-48-25-13-29-53(62(48)68-60(43)49)65(55-31-14-26-50-45-22-5-9-34-58(45)69-63(50)55)41-18-11-17-40(38-41)42-19-3-7-28-52(42)66(54-30-12-24-47-44-21-4-8-33-57(44)67-61(47)54)56-32-15-27-51-46-23-6-10-35-59(46)70-64(51)56/h1-38H. The van der Waals surface area contributed by atoms with E-state index in [0.29, 0.717) is 0 Å². The van der Waals surface area contributed by atoms with Crippen molar-refractivity contribution in [2.24, 2.45) is 0 Å². The van der Waals surface area contributed by atoms with Gasteiger partial charge in [0.05, 0.1) is 37.8 Å². The summed E-state index contributed by atoms with van der Waals surface area (Å²) in [4.78, 5) is 4.85. The summed E-state index contributed by atoms with van der Waals surface area (Å²) in [5, 5.41) is 11.6. The Labute approximate surface area is 409 Å². The topological polar surface area (TPSA) is 32.8 Å². The third kappa shape index (κ3) is 5.87. The lowest BCUT2D eigenvalue weighted by molar-refractivity contribution is 0.669. The number of anilines is 6. The van der Waals surface area contributed by atoms with Crippen LogP contribution in [0, 0.1) is 0 Å². The van der Waals surface area contributed by atoms with Gasteiger partial charge in [-0.15, -0.1) is 22.7 Å². The molecule has 0 aliphatic rings. The zero-order valence-electron chi connectivity index (χ0n) is 37.5. The molecule has 0 N–H and O–H groups in total. The number of nitrogens with zero attached hydrogens (tertiary/aromatic N) is 2. The van der Waals surface area contributed by atoms with Crippen molar-refractivity contribution in [3.63, 3.8) is 0 Å². The van der Waals surface area contributed by atoms with E-state index in [1.165, 1.54) is 40.3 Å². The van der Waals surface area contributed by atoms with Crippen molar-refractivity contribution >= 4 is 152 Å². The number of para-hydroxylation sites is 4. The van der Waals surface area contributed by atoms with Crippen LogP contribution in [0.4, 0.5) is 34.1 Å². The number of rotatable bonds is 7. The van der Waals surface area contributed by atoms with Gasteiger partial charge in [0, 0.05) is 69.1 Å². The number of hydrogen-bond donors (Lipinski definition) is 0. The van der Waals surface area contributed by atoms with Gasteiger partial charge in [-0.3, -0.25) is 0 Å². The number of thiophene rings is 2. The van der Waals surface area contributed by atoms with Crippen LogP contribution in [0.15, 0.2) is 239 Å². The molecule has 0 bridgehead atoms. The molecule has 0 atom stereocenters. The highest BCUT2D eigenvalue weighted by atomic mass is 32.1. The molecule has 0 unspecified atom stereocenters. The number of hydrogen-bond acceptors (Lipinski definition) is 6. The Morgan fingerprint density at radius 2 is 0.800 bits per heavy atom. The summed E-state index contributed by atoms with van der Waals surface area (Å²) in [7, 11) is 0. The van der Waals surface area contributed by atoms with Crippen LogP contribution in [0.25, 0.3) is 106 Å². The van der Waals surface area contributed by atoms with Crippen molar-refractivity contribution in [1.82, 2.24) is 0 Å². The Hall–Kier alpha value is -8.68. The van der Waals surface area contributed by atoms with E-state index in [-0.39, 0.29) is 0 Å². The van der Waals surface area contributed by atoms with Gasteiger partial charge in [0.15, 0.2) is 11.2 Å². The first-order valence-corrected chi connectivity index (χ1v) is 25.2. The maximum absolute atomic E-state index is 7.12. The zero-order chi connectivity index (χ0) is 45.9. The largest absolute Gasteiger partial charge is 0.454 e. The van der Waals surface area contributed by atoms with Gasteiger partial charge in [-0.05, 0) is 77.7 Å². The highest BCUT2D eigenvalue weighted by molar-refractivity contribution is 7.26. The van der Waals surface area contributed by atoms with Gasteiger partial charge in [-0.25, -0.2) is 0 Å². The molecule has 6 heteroatoms. The molecular weight excluding hydrogens is 893 g/mol. The van der Waals surface area contributed by atoms with Gasteiger partial charge < -0.3 is 18.6 Å². The molecule has 0 aliphatic heterocycles. The fraction of sp³-hybridized carbons (Fsp3) is 0. The van der Waals surface area contributed by atoms with Crippen LogP contribution in [0.2, 0.25) is 0 Å². The van der Waals surface area contributed by atoms with Crippen LogP contribution < -0.4 is 9.80 Å². The Morgan fingerprint density at radius 1 is 0.300 bits per heavy atom. The van der Waals surface area contributed by atoms with E-state index in [0.717, 1.165) is 99.9 Å². The van der Waals surface area contributed by atoms with Crippen molar-refractivity contribution in [2.45, 2.75) is 0 Å². The smallest absolute Gasteiger partial charge is 0.159 e. The maximum atomic E-state index is 7.12. The van der Waals surface area contributed by atoms with Crippen molar-refractivity contribution < 1.29 is 8.83 Å². The molecule has 15 aromatic rings. The minimum atomic E-state index is 0.847. The lowest BCUT2D eigenvalue weighted by Gasteiger charge is -2.29. The quantitative estimate of drug-likeness (QED) is 0.159. The minimum absolute atomic E-state index is 0.847. The first-order valence-electron chi connectivity index (χ1n) is 23.6. The fourth-order valence-electron chi connectivity index (χ4n) is 10.9. The fourth-order valence-corrected chi connectivity index (χ4v) is 13.3. The van der Waals surface area contributed by atoms with Crippen molar-refractivity contribution in [3.8, 4) is 11.1 Å². The SMILES string of the molecule is c1cc(-c2ccccc2N(c2cccc3c2oc2ccccc23)c2cccc3c2sc2ccccc23)cc(N(c2cccc3c2oc2c4ccccc4ccc32)c2cccc3c2sc2ccccc23)c1. The van der Waals surface area contributed by atoms with E-state index in [1.807, 2.05) is 28.7 Å². The molecule has 0 aliphatic carbocycles. The first-order chi connectivity index (χ1) is 34.7. The van der Waals surface area contributed by atoms with E-state index in [4.69, 9.17) is 8.83 Å². The lowest BCUT2D eigenvalue weighted by Crippen LogP contribution is -2.12. The van der Waals surface area contributed by atoms with Crippen LogP contribution >= 0.6 is 22.7 Å². The van der Waals surface area contributed by atoms with E-state index in [1.54, 1.807) is 0 Å². The Bertz CT molecular complexity index is 4480. The Morgan fingerprint density at radius 3 is 1.54 bits per heavy atom.